The number of hydrogen-bond acceptors (Lipinski definition) is 2. The van der Waals surface area contributed by atoms with Gasteiger partial charge < -0.3 is 10.6 Å². The van der Waals surface area contributed by atoms with Gasteiger partial charge in [-0.1, -0.05) is 0 Å². The lowest BCUT2D eigenvalue weighted by atomic mass is 10.2. The number of alkyl halides is 3. The van der Waals surface area contributed by atoms with Crippen LogP contribution in [0.15, 0.2) is 0 Å². The molecule has 1 aliphatic rings. The second-order valence-corrected chi connectivity index (χ2v) is 3.07. The van der Waals surface area contributed by atoms with E-state index >= 15 is 0 Å². The molecule has 0 spiro atoms. The van der Waals surface area contributed by atoms with E-state index in [0.717, 1.165) is 0 Å². The molecule has 0 aromatic carbocycles. The molecule has 2 unspecified atom stereocenters. The van der Waals surface area contributed by atoms with Gasteiger partial charge in [-0.25, -0.2) is 0 Å². The van der Waals surface area contributed by atoms with Crippen molar-refractivity contribution in [1.82, 2.24) is 10.6 Å². The van der Waals surface area contributed by atoms with Gasteiger partial charge in [0.05, 0.1) is 6.04 Å². The van der Waals surface area contributed by atoms with E-state index < -0.39 is 24.2 Å². The molecule has 1 heterocycles. The van der Waals surface area contributed by atoms with Crippen LogP contribution in [0.1, 0.15) is 13.3 Å². The summed E-state index contributed by atoms with van der Waals surface area (Å²) in [5.41, 5.74) is 0. The Kier molecular flexibility index (Phi) is 2.80. The molecular weight excluding hydrogens is 185 g/mol. The first-order chi connectivity index (χ1) is 5.91. The molecule has 1 amide bonds. The summed E-state index contributed by atoms with van der Waals surface area (Å²) in [5.74, 6) is -0.597. The number of nitrogens with one attached hydrogen (secondary N) is 2. The molecule has 1 rings (SSSR count). The molecule has 0 bridgehead atoms. The quantitative estimate of drug-likeness (QED) is 0.589. The number of amides is 1. The Hall–Kier alpha value is -0.780. The van der Waals surface area contributed by atoms with Crippen LogP contribution in [-0.4, -0.2) is 30.7 Å². The molecule has 0 aliphatic carbocycles. The third-order valence-electron chi connectivity index (χ3n) is 1.99. The molecule has 1 fully saturated rings. The van der Waals surface area contributed by atoms with Gasteiger partial charge in [0.2, 0.25) is 5.91 Å². The van der Waals surface area contributed by atoms with E-state index in [-0.39, 0.29) is 13.0 Å². The normalized spacial score (nSPS) is 30.9. The van der Waals surface area contributed by atoms with Gasteiger partial charge in [-0.05, 0) is 19.9 Å². The minimum atomic E-state index is -4.35. The monoisotopic (exact) mass is 196 g/mol. The Morgan fingerprint density at radius 3 is 2.62 bits per heavy atom. The zero-order valence-electron chi connectivity index (χ0n) is 7.11. The summed E-state index contributed by atoms with van der Waals surface area (Å²) in [4.78, 5) is 11.0. The summed E-state index contributed by atoms with van der Waals surface area (Å²) in [6.07, 6.45) is -4.46. The van der Waals surface area contributed by atoms with Crippen molar-refractivity contribution in [1.29, 1.82) is 0 Å². The van der Waals surface area contributed by atoms with Crippen molar-refractivity contribution in [3.63, 3.8) is 0 Å². The van der Waals surface area contributed by atoms with Crippen LogP contribution in [0, 0.1) is 0 Å². The molecule has 2 atom stereocenters. The molecule has 0 radical (unpaired) electrons. The molecule has 13 heavy (non-hydrogen) atoms. The predicted molar refractivity (Wildman–Crippen MR) is 40.1 cm³/mol. The Morgan fingerprint density at radius 1 is 1.46 bits per heavy atom. The lowest BCUT2D eigenvalue weighted by Crippen LogP contribution is -2.47. The van der Waals surface area contributed by atoms with E-state index in [0.29, 0.717) is 0 Å². The minimum absolute atomic E-state index is 0.112. The van der Waals surface area contributed by atoms with Crippen molar-refractivity contribution in [3.05, 3.63) is 0 Å². The number of carbonyl (C=O) groups excluding carboxylic acids is 1. The van der Waals surface area contributed by atoms with Gasteiger partial charge >= 0.3 is 6.18 Å². The average Bonchev–Trinajstić information content (AvgIpc) is 2.13. The topological polar surface area (TPSA) is 41.1 Å². The van der Waals surface area contributed by atoms with E-state index in [1.54, 1.807) is 0 Å². The van der Waals surface area contributed by atoms with Crippen LogP contribution in [0.25, 0.3) is 0 Å². The molecular formula is C7H11F3N2O. The van der Waals surface area contributed by atoms with Gasteiger partial charge in [0, 0.05) is 0 Å². The van der Waals surface area contributed by atoms with E-state index in [1.807, 2.05) is 5.32 Å². The zero-order chi connectivity index (χ0) is 10.1. The molecule has 0 aromatic heterocycles. The summed E-state index contributed by atoms with van der Waals surface area (Å²) in [6.45, 7) is 1.73. The largest absolute Gasteiger partial charge is 0.408 e. The lowest BCUT2D eigenvalue weighted by molar-refractivity contribution is -0.161. The Balaban J connectivity index is 2.65. The van der Waals surface area contributed by atoms with Gasteiger partial charge in [0.1, 0.15) is 6.04 Å². The van der Waals surface area contributed by atoms with E-state index in [9.17, 15) is 18.0 Å². The second-order valence-electron chi connectivity index (χ2n) is 3.07. The van der Waals surface area contributed by atoms with E-state index in [1.165, 1.54) is 6.92 Å². The SMILES string of the molecule is CC1NCCC(C(F)(F)F)NC1=O. The standard InChI is InChI=1S/C7H11F3N2O/c1-4-6(13)12-5(2-3-11-4)7(8,9)10/h4-5,11H,2-3H2,1H3,(H,12,13). The smallest absolute Gasteiger partial charge is 0.343 e. The van der Waals surface area contributed by atoms with Gasteiger partial charge in [-0.15, -0.1) is 0 Å². The number of carbonyl (C=O) groups is 1. The maximum atomic E-state index is 12.2. The summed E-state index contributed by atoms with van der Waals surface area (Å²) >= 11 is 0. The molecule has 3 nitrogen and oxygen atoms in total. The maximum absolute atomic E-state index is 12.2. The Morgan fingerprint density at radius 2 is 2.08 bits per heavy atom. The van der Waals surface area contributed by atoms with Crippen LogP contribution >= 0.6 is 0 Å². The Bertz CT molecular complexity index is 204. The molecule has 0 aromatic rings. The lowest BCUT2D eigenvalue weighted by Gasteiger charge is -2.18. The van der Waals surface area contributed by atoms with Crippen molar-refractivity contribution < 1.29 is 18.0 Å². The predicted octanol–water partition coefficient (Wildman–Crippen LogP) is 0.415. The summed E-state index contributed by atoms with van der Waals surface area (Å²) in [6, 6.07) is -2.26. The van der Waals surface area contributed by atoms with E-state index in [2.05, 4.69) is 5.32 Å². The molecule has 76 valence electrons. The number of halogens is 3. The van der Waals surface area contributed by atoms with Gasteiger partial charge in [0.15, 0.2) is 0 Å². The molecule has 0 saturated carbocycles. The van der Waals surface area contributed by atoms with Crippen LogP contribution in [0.3, 0.4) is 0 Å². The zero-order valence-corrected chi connectivity index (χ0v) is 7.11. The first kappa shape index (κ1) is 10.3. The maximum Gasteiger partial charge on any atom is 0.408 e. The first-order valence-electron chi connectivity index (χ1n) is 4.01. The van der Waals surface area contributed by atoms with Crippen LogP contribution in [0.2, 0.25) is 0 Å². The van der Waals surface area contributed by atoms with Crippen LogP contribution in [0.5, 0.6) is 0 Å². The fourth-order valence-electron chi connectivity index (χ4n) is 1.15. The molecule has 6 heteroatoms. The summed E-state index contributed by atoms with van der Waals surface area (Å²) in [7, 11) is 0. The average molecular weight is 196 g/mol. The van der Waals surface area contributed by atoms with Crippen molar-refractivity contribution in [2.45, 2.75) is 31.6 Å². The van der Waals surface area contributed by atoms with Crippen molar-refractivity contribution in [3.8, 4) is 0 Å². The van der Waals surface area contributed by atoms with Crippen molar-refractivity contribution >= 4 is 5.91 Å². The molecule has 1 aliphatic heterocycles. The van der Waals surface area contributed by atoms with Crippen molar-refractivity contribution in [2.75, 3.05) is 6.54 Å². The second kappa shape index (κ2) is 3.53. The number of rotatable bonds is 0. The Labute approximate surface area is 73.7 Å². The summed E-state index contributed by atoms with van der Waals surface area (Å²) in [5, 5.41) is 4.63. The van der Waals surface area contributed by atoms with Crippen LogP contribution in [0.4, 0.5) is 13.2 Å². The highest BCUT2D eigenvalue weighted by Gasteiger charge is 2.41. The highest BCUT2D eigenvalue weighted by Crippen LogP contribution is 2.23. The van der Waals surface area contributed by atoms with Crippen LogP contribution < -0.4 is 10.6 Å². The fourth-order valence-corrected chi connectivity index (χ4v) is 1.15. The van der Waals surface area contributed by atoms with Gasteiger partial charge in [-0.3, -0.25) is 4.79 Å². The summed E-state index contributed by atoms with van der Waals surface area (Å²) < 4.78 is 36.5. The highest BCUT2D eigenvalue weighted by molar-refractivity contribution is 5.81. The minimum Gasteiger partial charge on any atom is -0.343 e. The van der Waals surface area contributed by atoms with Gasteiger partial charge in [-0.2, -0.15) is 13.2 Å². The van der Waals surface area contributed by atoms with Crippen LogP contribution in [-0.2, 0) is 4.79 Å². The van der Waals surface area contributed by atoms with Gasteiger partial charge in [0.25, 0.3) is 0 Å². The first-order valence-corrected chi connectivity index (χ1v) is 4.01. The molecule has 1 saturated heterocycles. The number of hydrogen-bond donors (Lipinski definition) is 2. The highest BCUT2D eigenvalue weighted by atomic mass is 19.4. The van der Waals surface area contributed by atoms with Crippen molar-refractivity contribution in [2.24, 2.45) is 0 Å². The third-order valence-corrected chi connectivity index (χ3v) is 1.99. The fraction of sp³-hybridized carbons (Fsp3) is 0.857. The van der Waals surface area contributed by atoms with E-state index in [4.69, 9.17) is 0 Å². The molecule has 2 N–H and O–H groups in total. The third kappa shape index (κ3) is 2.58.